The van der Waals surface area contributed by atoms with E-state index in [-0.39, 0.29) is 0 Å². The second-order valence-electron chi connectivity index (χ2n) is 2.55. The van der Waals surface area contributed by atoms with Crippen molar-refractivity contribution in [2.45, 2.75) is 20.3 Å². The fraction of sp³-hybridized carbons (Fsp3) is 0.889. The fourth-order valence-electron chi connectivity index (χ4n) is 0.953. The maximum absolute atomic E-state index is 8.29. The Kier molecular flexibility index (Phi) is 8.74. The molecule has 0 bridgehead atoms. The minimum absolute atomic E-state index is 0.683. The molecule has 0 aromatic rings. The quantitative estimate of drug-likeness (QED) is 0.569. The number of nitrogens with zero attached hydrogens (tertiary/aromatic N) is 2. The highest BCUT2D eigenvalue weighted by atomic mass is 32.2. The Balaban J connectivity index is 3.13. The van der Waals surface area contributed by atoms with Crippen molar-refractivity contribution in [1.29, 1.82) is 5.26 Å². The van der Waals surface area contributed by atoms with E-state index in [1.165, 1.54) is 0 Å². The minimum atomic E-state index is 0.683. The van der Waals surface area contributed by atoms with Crippen LogP contribution in [0.5, 0.6) is 0 Å². The van der Waals surface area contributed by atoms with E-state index in [9.17, 15) is 0 Å². The Morgan fingerprint density at radius 2 is 1.92 bits per heavy atom. The highest BCUT2D eigenvalue weighted by molar-refractivity contribution is 7.99. The zero-order valence-corrected chi connectivity index (χ0v) is 8.86. The maximum Gasteiger partial charge on any atom is 0.0630 e. The SMILES string of the molecule is CCN(CC)CCSCCC#N. The van der Waals surface area contributed by atoms with Crippen LogP contribution in [0, 0.1) is 11.3 Å². The second kappa shape index (κ2) is 8.89. The monoisotopic (exact) mass is 186 g/mol. The summed E-state index contributed by atoms with van der Waals surface area (Å²) in [5.74, 6) is 2.14. The molecule has 0 saturated carbocycles. The molecule has 0 aromatic carbocycles. The third-order valence-electron chi connectivity index (χ3n) is 1.80. The van der Waals surface area contributed by atoms with Gasteiger partial charge in [-0.15, -0.1) is 0 Å². The van der Waals surface area contributed by atoms with Crippen molar-refractivity contribution >= 4 is 11.8 Å². The molecule has 0 saturated heterocycles. The summed E-state index contributed by atoms with van der Waals surface area (Å²) >= 11 is 1.87. The van der Waals surface area contributed by atoms with E-state index in [0.29, 0.717) is 6.42 Å². The normalized spacial score (nSPS) is 10.2. The van der Waals surface area contributed by atoms with Gasteiger partial charge in [0, 0.05) is 24.5 Å². The van der Waals surface area contributed by atoms with Crippen molar-refractivity contribution in [1.82, 2.24) is 4.90 Å². The van der Waals surface area contributed by atoms with Crippen molar-refractivity contribution < 1.29 is 0 Å². The van der Waals surface area contributed by atoms with Crippen LogP contribution < -0.4 is 0 Å². The molecule has 0 unspecified atom stereocenters. The first-order valence-corrected chi connectivity index (χ1v) is 5.67. The lowest BCUT2D eigenvalue weighted by atomic mass is 10.5. The number of hydrogen-bond donors (Lipinski definition) is 0. The van der Waals surface area contributed by atoms with Gasteiger partial charge in [0.15, 0.2) is 0 Å². The molecule has 3 heteroatoms. The van der Waals surface area contributed by atoms with E-state index in [2.05, 4.69) is 24.8 Å². The van der Waals surface area contributed by atoms with Gasteiger partial charge in [0.25, 0.3) is 0 Å². The molecule has 0 heterocycles. The maximum atomic E-state index is 8.29. The summed E-state index contributed by atoms with van der Waals surface area (Å²) in [4.78, 5) is 2.40. The summed E-state index contributed by atoms with van der Waals surface area (Å²) < 4.78 is 0. The van der Waals surface area contributed by atoms with Gasteiger partial charge < -0.3 is 4.90 Å². The number of thioether (sulfide) groups is 1. The molecule has 0 aliphatic carbocycles. The molecule has 0 spiro atoms. The first-order valence-electron chi connectivity index (χ1n) is 4.52. The lowest BCUT2D eigenvalue weighted by Crippen LogP contribution is -2.25. The van der Waals surface area contributed by atoms with Crippen molar-refractivity contribution in [2.75, 3.05) is 31.1 Å². The van der Waals surface area contributed by atoms with Crippen molar-refractivity contribution in [3.05, 3.63) is 0 Å². The van der Waals surface area contributed by atoms with Gasteiger partial charge in [-0.25, -0.2) is 0 Å². The van der Waals surface area contributed by atoms with Crippen molar-refractivity contribution in [3.8, 4) is 6.07 Å². The van der Waals surface area contributed by atoms with Gasteiger partial charge >= 0.3 is 0 Å². The lowest BCUT2D eigenvalue weighted by Gasteiger charge is -2.16. The van der Waals surface area contributed by atoms with Gasteiger partial charge in [-0.3, -0.25) is 0 Å². The molecule has 70 valence electrons. The summed E-state index contributed by atoms with van der Waals surface area (Å²) in [5.41, 5.74) is 0. The van der Waals surface area contributed by atoms with Crippen LogP contribution in [-0.2, 0) is 0 Å². The Bertz CT molecular complexity index is 127. The van der Waals surface area contributed by atoms with Crippen molar-refractivity contribution in [2.24, 2.45) is 0 Å². The number of rotatable bonds is 7. The van der Waals surface area contributed by atoms with Crippen molar-refractivity contribution in [3.63, 3.8) is 0 Å². The molecule has 0 atom stereocenters. The Morgan fingerprint density at radius 1 is 1.25 bits per heavy atom. The Hall–Kier alpha value is -0.200. The molecule has 0 aliphatic heterocycles. The molecule has 0 N–H and O–H groups in total. The molecule has 0 amide bonds. The Labute approximate surface area is 79.9 Å². The van der Waals surface area contributed by atoms with E-state index < -0.39 is 0 Å². The van der Waals surface area contributed by atoms with Crippen LogP contribution in [0.25, 0.3) is 0 Å². The van der Waals surface area contributed by atoms with E-state index >= 15 is 0 Å². The standard InChI is InChI=1S/C9H18N2S/c1-3-11(4-2)7-9-12-8-5-6-10/h3-5,7-9H2,1-2H3. The van der Waals surface area contributed by atoms with Gasteiger partial charge in [-0.05, 0) is 13.1 Å². The molecule has 0 fully saturated rings. The average molecular weight is 186 g/mol. The van der Waals surface area contributed by atoms with Gasteiger partial charge in [-0.2, -0.15) is 17.0 Å². The summed E-state index contributed by atoms with van der Waals surface area (Å²) in [7, 11) is 0. The van der Waals surface area contributed by atoms with Gasteiger partial charge in [0.05, 0.1) is 6.07 Å². The molecular formula is C9H18N2S. The van der Waals surface area contributed by atoms with E-state index in [1.54, 1.807) is 0 Å². The average Bonchev–Trinajstić information content (AvgIpc) is 2.11. The van der Waals surface area contributed by atoms with Crippen LogP contribution in [0.4, 0.5) is 0 Å². The van der Waals surface area contributed by atoms with E-state index in [1.807, 2.05) is 11.8 Å². The summed E-state index contributed by atoms with van der Waals surface area (Å²) in [6.07, 6.45) is 0.683. The number of nitriles is 1. The molecule has 12 heavy (non-hydrogen) atoms. The topological polar surface area (TPSA) is 27.0 Å². The predicted molar refractivity (Wildman–Crippen MR) is 55.3 cm³/mol. The lowest BCUT2D eigenvalue weighted by molar-refractivity contribution is 0.324. The van der Waals surface area contributed by atoms with E-state index in [0.717, 1.165) is 31.1 Å². The van der Waals surface area contributed by atoms with Crippen LogP contribution in [0.3, 0.4) is 0 Å². The van der Waals surface area contributed by atoms with Gasteiger partial charge in [0.2, 0.25) is 0 Å². The van der Waals surface area contributed by atoms with Crippen LogP contribution in [0.1, 0.15) is 20.3 Å². The smallest absolute Gasteiger partial charge is 0.0630 e. The first-order chi connectivity index (χ1) is 5.85. The second-order valence-corrected chi connectivity index (χ2v) is 3.77. The molecule has 0 aromatic heterocycles. The molecule has 0 rings (SSSR count). The van der Waals surface area contributed by atoms with Gasteiger partial charge in [-0.1, -0.05) is 13.8 Å². The Morgan fingerprint density at radius 3 is 2.42 bits per heavy atom. The third-order valence-corrected chi connectivity index (χ3v) is 2.77. The minimum Gasteiger partial charge on any atom is -0.303 e. The predicted octanol–water partition coefficient (Wildman–Crippen LogP) is 1.98. The first kappa shape index (κ1) is 11.8. The number of hydrogen-bond acceptors (Lipinski definition) is 3. The van der Waals surface area contributed by atoms with Crippen LogP contribution in [0.2, 0.25) is 0 Å². The molecule has 0 radical (unpaired) electrons. The summed E-state index contributed by atoms with van der Waals surface area (Å²) in [6, 6.07) is 2.15. The largest absolute Gasteiger partial charge is 0.303 e. The highest BCUT2D eigenvalue weighted by Gasteiger charge is 1.97. The molecular weight excluding hydrogens is 168 g/mol. The van der Waals surface area contributed by atoms with Crippen LogP contribution >= 0.6 is 11.8 Å². The zero-order valence-electron chi connectivity index (χ0n) is 8.05. The summed E-state index contributed by atoms with van der Waals surface area (Å²) in [6.45, 7) is 7.79. The summed E-state index contributed by atoms with van der Waals surface area (Å²) in [5, 5.41) is 8.29. The molecule has 0 aliphatic rings. The van der Waals surface area contributed by atoms with Crippen LogP contribution in [0.15, 0.2) is 0 Å². The fourth-order valence-corrected chi connectivity index (χ4v) is 1.78. The van der Waals surface area contributed by atoms with Crippen LogP contribution in [-0.4, -0.2) is 36.0 Å². The highest BCUT2D eigenvalue weighted by Crippen LogP contribution is 2.02. The molecule has 2 nitrogen and oxygen atoms in total. The third kappa shape index (κ3) is 6.51. The zero-order chi connectivity index (χ0) is 9.23. The van der Waals surface area contributed by atoms with E-state index in [4.69, 9.17) is 5.26 Å². The van der Waals surface area contributed by atoms with Gasteiger partial charge in [0.1, 0.15) is 0 Å².